The van der Waals surface area contributed by atoms with Gasteiger partial charge in [0.05, 0.1) is 6.26 Å². The molecule has 0 bridgehead atoms. The molecule has 0 saturated carbocycles. The van der Waals surface area contributed by atoms with E-state index in [1.165, 1.54) is 13.2 Å². The van der Waals surface area contributed by atoms with Crippen LogP contribution in [0, 0.1) is 0 Å². The Labute approximate surface area is 81.9 Å². The molecule has 1 heterocycles. The van der Waals surface area contributed by atoms with Crippen LogP contribution < -0.4 is 0 Å². The molecule has 0 spiro atoms. The van der Waals surface area contributed by atoms with Crippen LogP contribution in [0.5, 0.6) is 0 Å². The zero-order valence-electron chi connectivity index (χ0n) is 7.77. The summed E-state index contributed by atoms with van der Waals surface area (Å²) in [6, 6.07) is 7.65. The van der Waals surface area contributed by atoms with E-state index in [-0.39, 0.29) is 5.97 Å². The van der Waals surface area contributed by atoms with Gasteiger partial charge in [0.1, 0.15) is 0 Å². The van der Waals surface area contributed by atoms with E-state index in [0.29, 0.717) is 0 Å². The predicted octanol–water partition coefficient (Wildman–Crippen LogP) is 2.25. The second-order valence-corrected chi connectivity index (χ2v) is 3.01. The fraction of sp³-hybridized carbons (Fsp3) is 0.182. The van der Waals surface area contributed by atoms with Crippen molar-refractivity contribution in [2.45, 2.75) is 13.2 Å². The third kappa shape index (κ3) is 1.62. The minimum Gasteiger partial charge on any atom is -0.458 e. The van der Waals surface area contributed by atoms with Gasteiger partial charge in [0, 0.05) is 12.5 Å². The fourth-order valence-corrected chi connectivity index (χ4v) is 1.38. The van der Waals surface area contributed by atoms with Gasteiger partial charge in [0.15, 0.2) is 0 Å². The molecule has 0 N–H and O–H groups in total. The van der Waals surface area contributed by atoms with E-state index in [4.69, 9.17) is 9.47 Å². The molecule has 1 aliphatic rings. The van der Waals surface area contributed by atoms with Gasteiger partial charge in [-0.2, -0.15) is 0 Å². The van der Waals surface area contributed by atoms with Crippen LogP contribution in [0.25, 0.3) is 6.08 Å². The predicted molar refractivity (Wildman–Crippen MR) is 51.1 cm³/mol. The van der Waals surface area contributed by atoms with Crippen LogP contribution in [-0.4, -0.2) is 5.97 Å². The highest BCUT2D eigenvalue weighted by atomic mass is 16.7. The topological polar surface area (TPSA) is 35.5 Å². The Morgan fingerprint density at radius 1 is 1.43 bits per heavy atom. The number of benzene rings is 1. The standard InChI is InChI=1S/C11H10O3/c1-8(12)14-11-10-5-3-2-4-9(10)6-7-13-11/h2-7,11H,1H3. The van der Waals surface area contributed by atoms with Gasteiger partial charge in [-0.05, 0) is 11.6 Å². The summed E-state index contributed by atoms with van der Waals surface area (Å²) in [5.41, 5.74) is 1.90. The Kier molecular flexibility index (Phi) is 2.23. The van der Waals surface area contributed by atoms with E-state index in [0.717, 1.165) is 11.1 Å². The summed E-state index contributed by atoms with van der Waals surface area (Å²) < 4.78 is 10.2. The Balaban J connectivity index is 2.31. The van der Waals surface area contributed by atoms with E-state index >= 15 is 0 Å². The first-order chi connectivity index (χ1) is 6.77. The maximum absolute atomic E-state index is 10.8. The summed E-state index contributed by atoms with van der Waals surface area (Å²) in [5, 5.41) is 0. The summed E-state index contributed by atoms with van der Waals surface area (Å²) in [4.78, 5) is 10.8. The largest absolute Gasteiger partial charge is 0.458 e. The van der Waals surface area contributed by atoms with Gasteiger partial charge in [-0.1, -0.05) is 24.3 Å². The molecule has 1 aliphatic heterocycles. The van der Waals surface area contributed by atoms with Gasteiger partial charge >= 0.3 is 5.97 Å². The third-order valence-corrected chi connectivity index (χ3v) is 1.97. The fourth-order valence-electron chi connectivity index (χ4n) is 1.38. The van der Waals surface area contributed by atoms with Gasteiger partial charge in [0.2, 0.25) is 0 Å². The van der Waals surface area contributed by atoms with Crippen molar-refractivity contribution < 1.29 is 14.3 Å². The molecule has 1 atom stereocenters. The van der Waals surface area contributed by atoms with E-state index in [9.17, 15) is 4.79 Å². The summed E-state index contributed by atoms with van der Waals surface area (Å²) in [5.74, 6) is -0.347. The molecule has 72 valence electrons. The minimum atomic E-state index is -0.603. The lowest BCUT2D eigenvalue weighted by Gasteiger charge is -2.21. The SMILES string of the molecule is CC(=O)OC1OC=Cc2ccccc21. The molecule has 0 fully saturated rings. The number of carbonyl (C=O) groups excluding carboxylic acids is 1. The zero-order chi connectivity index (χ0) is 9.97. The van der Waals surface area contributed by atoms with Crippen molar-refractivity contribution in [2.24, 2.45) is 0 Å². The number of hydrogen-bond donors (Lipinski definition) is 0. The van der Waals surface area contributed by atoms with Crippen molar-refractivity contribution in [2.75, 3.05) is 0 Å². The van der Waals surface area contributed by atoms with E-state index in [2.05, 4.69) is 0 Å². The van der Waals surface area contributed by atoms with Crippen LogP contribution >= 0.6 is 0 Å². The van der Waals surface area contributed by atoms with Gasteiger partial charge in [0.25, 0.3) is 6.29 Å². The molecular formula is C11H10O3. The van der Waals surface area contributed by atoms with Crippen molar-refractivity contribution >= 4 is 12.0 Å². The average Bonchev–Trinajstić information content (AvgIpc) is 2.18. The smallest absolute Gasteiger partial charge is 0.305 e. The molecule has 1 aromatic rings. The van der Waals surface area contributed by atoms with Crippen LogP contribution in [0.4, 0.5) is 0 Å². The van der Waals surface area contributed by atoms with Crippen molar-refractivity contribution in [1.82, 2.24) is 0 Å². The molecule has 2 rings (SSSR count). The first-order valence-electron chi connectivity index (χ1n) is 4.35. The Bertz CT molecular complexity index is 382. The van der Waals surface area contributed by atoms with E-state index in [1.807, 2.05) is 30.3 Å². The van der Waals surface area contributed by atoms with Crippen LogP contribution in [0.3, 0.4) is 0 Å². The molecular weight excluding hydrogens is 180 g/mol. The Morgan fingerprint density at radius 3 is 3.00 bits per heavy atom. The van der Waals surface area contributed by atoms with Gasteiger partial charge < -0.3 is 9.47 Å². The van der Waals surface area contributed by atoms with Crippen LogP contribution in [0.1, 0.15) is 24.3 Å². The van der Waals surface area contributed by atoms with Gasteiger partial charge in [-0.15, -0.1) is 0 Å². The molecule has 3 heteroatoms. The van der Waals surface area contributed by atoms with Gasteiger partial charge in [-0.3, -0.25) is 4.79 Å². The number of hydrogen-bond acceptors (Lipinski definition) is 3. The number of fused-ring (bicyclic) bond motifs is 1. The quantitative estimate of drug-likeness (QED) is 0.637. The minimum absolute atomic E-state index is 0.347. The number of esters is 1. The Hall–Kier alpha value is -1.77. The lowest BCUT2D eigenvalue weighted by Crippen LogP contribution is -2.13. The lowest BCUT2D eigenvalue weighted by atomic mass is 10.1. The third-order valence-electron chi connectivity index (χ3n) is 1.97. The van der Waals surface area contributed by atoms with Crippen molar-refractivity contribution in [3.05, 3.63) is 41.7 Å². The number of carbonyl (C=O) groups is 1. The number of ether oxygens (including phenoxy) is 2. The highest BCUT2D eigenvalue weighted by molar-refractivity contribution is 5.67. The molecule has 1 aromatic carbocycles. The summed E-state index contributed by atoms with van der Waals surface area (Å²) in [6.07, 6.45) is 2.78. The van der Waals surface area contributed by atoms with Gasteiger partial charge in [-0.25, -0.2) is 0 Å². The summed E-state index contributed by atoms with van der Waals surface area (Å²) in [6.45, 7) is 1.37. The molecule has 3 nitrogen and oxygen atoms in total. The lowest BCUT2D eigenvalue weighted by molar-refractivity contribution is -0.168. The Morgan fingerprint density at radius 2 is 2.21 bits per heavy atom. The first-order valence-corrected chi connectivity index (χ1v) is 4.35. The second kappa shape index (κ2) is 3.54. The van der Waals surface area contributed by atoms with E-state index < -0.39 is 6.29 Å². The molecule has 0 amide bonds. The second-order valence-electron chi connectivity index (χ2n) is 3.01. The summed E-state index contributed by atoms with van der Waals surface area (Å²) >= 11 is 0. The maximum atomic E-state index is 10.8. The summed E-state index contributed by atoms with van der Waals surface area (Å²) in [7, 11) is 0. The molecule has 0 aliphatic carbocycles. The number of rotatable bonds is 1. The zero-order valence-corrected chi connectivity index (χ0v) is 7.77. The van der Waals surface area contributed by atoms with Crippen molar-refractivity contribution in [3.63, 3.8) is 0 Å². The van der Waals surface area contributed by atoms with Crippen molar-refractivity contribution in [1.29, 1.82) is 0 Å². The first kappa shape index (κ1) is 8.81. The van der Waals surface area contributed by atoms with Crippen LogP contribution in [0.2, 0.25) is 0 Å². The van der Waals surface area contributed by atoms with E-state index in [1.54, 1.807) is 0 Å². The average molecular weight is 190 g/mol. The molecule has 0 radical (unpaired) electrons. The maximum Gasteiger partial charge on any atom is 0.305 e. The molecule has 14 heavy (non-hydrogen) atoms. The highest BCUT2D eigenvalue weighted by Crippen LogP contribution is 2.28. The monoisotopic (exact) mass is 190 g/mol. The molecule has 1 unspecified atom stereocenters. The highest BCUT2D eigenvalue weighted by Gasteiger charge is 2.19. The molecule has 0 saturated heterocycles. The van der Waals surface area contributed by atoms with Crippen molar-refractivity contribution in [3.8, 4) is 0 Å². The van der Waals surface area contributed by atoms with Crippen LogP contribution in [-0.2, 0) is 14.3 Å². The van der Waals surface area contributed by atoms with Crippen LogP contribution in [0.15, 0.2) is 30.5 Å². The normalized spacial score (nSPS) is 18.2. The molecule has 0 aromatic heterocycles.